The van der Waals surface area contributed by atoms with E-state index in [-0.39, 0.29) is 12.6 Å². The van der Waals surface area contributed by atoms with Crippen molar-refractivity contribution in [1.82, 2.24) is 4.90 Å². The number of likely N-dealkylation sites (N-methyl/N-ethyl adjacent to an activating group) is 1. The molecule has 2 aliphatic carbocycles. The van der Waals surface area contributed by atoms with Crippen molar-refractivity contribution in [2.24, 2.45) is 0 Å². The summed E-state index contributed by atoms with van der Waals surface area (Å²) in [7, 11) is 2.10. The molecule has 184 valence electrons. The maximum absolute atomic E-state index is 12.7. The van der Waals surface area contributed by atoms with E-state index >= 15 is 0 Å². The molecular formula is C27H30N2O6. The van der Waals surface area contributed by atoms with Crippen LogP contribution in [0.4, 0.5) is 10.5 Å². The van der Waals surface area contributed by atoms with Crippen molar-refractivity contribution < 1.29 is 28.8 Å². The Bertz CT molecular complexity index is 1180. The minimum Gasteiger partial charge on any atom is -0.481 e. The van der Waals surface area contributed by atoms with Crippen molar-refractivity contribution in [2.45, 2.75) is 61.2 Å². The highest BCUT2D eigenvalue weighted by Gasteiger charge is 2.77. The Morgan fingerprint density at radius 2 is 1.94 bits per heavy atom. The topological polar surface area (TPSA) is 89.5 Å². The number of carbonyl (C=O) groups excluding carboxylic acids is 1. The van der Waals surface area contributed by atoms with Crippen molar-refractivity contribution in [1.29, 1.82) is 0 Å². The summed E-state index contributed by atoms with van der Waals surface area (Å²) in [5, 5.41) is 15.3. The van der Waals surface area contributed by atoms with E-state index in [1.807, 2.05) is 36.4 Å². The Labute approximate surface area is 204 Å². The molecule has 0 aromatic heterocycles. The van der Waals surface area contributed by atoms with Gasteiger partial charge in [0, 0.05) is 18.0 Å². The van der Waals surface area contributed by atoms with Gasteiger partial charge in [-0.15, -0.1) is 0 Å². The van der Waals surface area contributed by atoms with E-state index in [1.54, 1.807) is 0 Å². The van der Waals surface area contributed by atoms with Crippen molar-refractivity contribution in [3.8, 4) is 5.75 Å². The second-order valence-electron chi connectivity index (χ2n) is 10.5. The van der Waals surface area contributed by atoms with Crippen LogP contribution in [0.5, 0.6) is 5.75 Å². The number of ether oxygens (including phenoxy) is 4. The molecule has 2 aromatic rings. The van der Waals surface area contributed by atoms with E-state index in [0.717, 1.165) is 36.1 Å². The number of amides is 1. The Hall–Kier alpha value is -2.65. The zero-order chi connectivity index (χ0) is 23.8. The molecule has 3 heterocycles. The fourth-order valence-corrected chi connectivity index (χ4v) is 7.46. The quantitative estimate of drug-likeness (QED) is 0.701. The third-order valence-electron chi connectivity index (χ3n) is 8.98. The van der Waals surface area contributed by atoms with Gasteiger partial charge in [0.05, 0.1) is 29.9 Å². The highest BCUT2D eigenvalue weighted by molar-refractivity contribution is 5.88. The average molecular weight is 479 g/mol. The van der Waals surface area contributed by atoms with Crippen molar-refractivity contribution in [2.75, 3.05) is 32.1 Å². The molecule has 1 saturated carbocycles. The number of anilines is 1. The molecule has 8 nitrogen and oxygen atoms in total. The van der Waals surface area contributed by atoms with E-state index in [0.29, 0.717) is 37.5 Å². The Morgan fingerprint density at radius 3 is 2.74 bits per heavy atom. The molecule has 1 amide bonds. The number of aliphatic hydroxyl groups is 1. The second kappa shape index (κ2) is 7.43. The monoisotopic (exact) mass is 478 g/mol. The lowest BCUT2D eigenvalue weighted by Gasteiger charge is -2.64. The molecule has 2 saturated heterocycles. The van der Waals surface area contributed by atoms with Gasteiger partial charge in [-0.25, -0.2) is 4.79 Å². The van der Waals surface area contributed by atoms with Crippen LogP contribution in [0.3, 0.4) is 0 Å². The van der Waals surface area contributed by atoms with Crippen LogP contribution in [0.2, 0.25) is 0 Å². The summed E-state index contributed by atoms with van der Waals surface area (Å²) in [5.41, 5.74) is 2.02. The van der Waals surface area contributed by atoms with E-state index < -0.39 is 29.0 Å². The van der Waals surface area contributed by atoms with E-state index in [4.69, 9.17) is 18.9 Å². The fraction of sp³-hybridized carbons (Fsp3) is 0.519. The van der Waals surface area contributed by atoms with Crippen molar-refractivity contribution in [3.05, 3.63) is 59.2 Å². The summed E-state index contributed by atoms with van der Waals surface area (Å²) < 4.78 is 24.6. The highest BCUT2D eigenvalue weighted by atomic mass is 16.8. The molecule has 8 heteroatoms. The Balaban J connectivity index is 1.28. The molecule has 3 fully saturated rings. The Morgan fingerprint density at radius 1 is 1.14 bits per heavy atom. The minimum absolute atomic E-state index is 0.00537. The van der Waals surface area contributed by atoms with Crippen LogP contribution in [-0.4, -0.2) is 66.4 Å². The van der Waals surface area contributed by atoms with Crippen LogP contribution in [0, 0.1) is 0 Å². The molecule has 2 aromatic carbocycles. The van der Waals surface area contributed by atoms with Gasteiger partial charge in [-0.3, -0.25) is 5.32 Å². The van der Waals surface area contributed by atoms with Crippen LogP contribution in [0.15, 0.2) is 42.5 Å². The summed E-state index contributed by atoms with van der Waals surface area (Å²) in [6.45, 7) is 2.05. The first-order valence-corrected chi connectivity index (χ1v) is 12.5. The molecule has 7 rings (SSSR count). The van der Waals surface area contributed by atoms with Gasteiger partial charge in [0.15, 0.2) is 6.10 Å². The third-order valence-corrected chi connectivity index (χ3v) is 8.98. The van der Waals surface area contributed by atoms with Crippen LogP contribution < -0.4 is 10.1 Å². The van der Waals surface area contributed by atoms with Gasteiger partial charge >= 0.3 is 6.09 Å². The lowest BCUT2D eigenvalue weighted by molar-refractivity contribution is -0.295. The lowest BCUT2D eigenvalue weighted by atomic mass is 9.48. The molecule has 0 radical (unpaired) electrons. The molecule has 0 unspecified atom stereocenters. The summed E-state index contributed by atoms with van der Waals surface area (Å²) >= 11 is 0. The normalized spacial score (nSPS) is 33.8. The first-order valence-electron chi connectivity index (χ1n) is 12.5. The number of carbonyl (C=O) groups is 1. The average Bonchev–Trinajstić information content (AvgIpc) is 3.48. The van der Waals surface area contributed by atoms with Gasteiger partial charge in [0.1, 0.15) is 12.4 Å². The van der Waals surface area contributed by atoms with Crippen LogP contribution >= 0.6 is 0 Å². The molecule has 5 aliphatic rings. The highest BCUT2D eigenvalue weighted by Crippen LogP contribution is 2.67. The first-order chi connectivity index (χ1) is 17.0. The third kappa shape index (κ3) is 2.79. The largest absolute Gasteiger partial charge is 0.481 e. The summed E-state index contributed by atoms with van der Waals surface area (Å²) in [4.78, 5) is 15.0. The standard InChI is InChI=1S/C27H30N2O6/c1-29-12-11-25-21-18-7-8-19(28-24(30)32-16-17-5-3-2-4-6-17)22(21)35-23(25)27(33-13-14-34-27)10-9-26(25,31)20(29)15-18/h2-8,20,23,31H,9-16H2,1H3,(H,28,30)/t20-,23-,25+,26-/m1/s1. The van der Waals surface area contributed by atoms with E-state index in [2.05, 4.69) is 23.3 Å². The number of piperidine rings is 1. The number of fused-ring (bicyclic) bond motifs is 1. The summed E-state index contributed by atoms with van der Waals surface area (Å²) in [6, 6.07) is 13.5. The molecular weight excluding hydrogens is 448 g/mol. The van der Waals surface area contributed by atoms with Crippen LogP contribution in [0.1, 0.15) is 36.0 Å². The minimum atomic E-state index is -0.962. The number of nitrogens with one attached hydrogen (secondary N) is 1. The van der Waals surface area contributed by atoms with Gasteiger partial charge in [0.2, 0.25) is 5.79 Å². The zero-order valence-electron chi connectivity index (χ0n) is 19.8. The van der Waals surface area contributed by atoms with Crippen molar-refractivity contribution >= 4 is 11.8 Å². The SMILES string of the molecule is CN1CC[C@]23c4c5ccc(NC(=O)OCc6ccccc6)c4O[C@H]2C2(CC[C@@]3(O)[C@H]1C5)OCCO2. The Kier molecular flexibility index (Phi) is 4.59. The number of nitrogens with zero attached hydrogens (tertiary/aromatic N) is 1. The summed E-state index contributed by atoms with van der Waals surface area (Å²) in [5.74, 6) is -0.267. The van der Waals surface area contributed by atoms with Gasteiger partial charge in [-0.2, -0.15) is 0 Å². The van der Waals surface area contributed by atoms with E-state index in [9.17, 15) is 9.90 Å². The predicted molar refractivity (Wildman–Crippen MR) is 126 cm³/mol. The molecule has 2 N–H and O–H groups in total. The van der Waals surface area contributed by atoms with Crippen molar-refractivity contribution in [3.63, 3.8) is 0 Å². The number of rotatable bonds is 3. The van der Waals surface area contributed by atoms with Gasteiger partial charge in [0.25, 0.3) is 0 Å². The predicted octanol–water partition coefficient (Wildman–Crippen LogP) is 2.96. The summed E-state index contributed by atoms with van der Waals surface area (Å²) in [6.07, 6.45) is 1.60. The number of benzene rings is 2. The number of hydrogen-bond acceptors (Lipinski definition) is 7. The smallest absolute Gasteiger partial charge is 0.412 e. The first kappa shape index (κ1) is 21.6. The van der Waals surface area contributed by atoms with Gasteiger partial charge < -0.3 is 29.0 Å². The van der Waals surface area contributed by atoms with Crippen LogP contribution in [-0.2, 0) is 32.7 Å². The lowest BCUT2D eigenvalue weighted by Crippen LogP contribution is -2.79. The second-order valence-corrected chi connectivity index (χ2v) is 10.5. The maximum atomic E-state index is 12.7. The molecule has 35 heavy (non-hydrogen) atoms. The molecule has 2 spiro atoms. The number of hydrogen-bond donors (Lipinski definition) is 2. The van der Waals surface area contributed by atoms with Gasteiger partial charge in [-0.1, -0.05) is 36.4 Å². The fourth-order valence-electron chi connectivity index (χ4n) is 7.46. The molecule has 4 atom stereocenters. The van der Waals surface area contributed by atoms with Gasteiger partial charge in [-0.05, 0) is 50.0 Å². The zero-order valence-corrected chi connectivity index (χ0v) is 19.8. The van der Waals surface area contributed by atoms with E-state index in [1.165, 1.54) is 0 Å². The molecule has 2 bridgehead atoms. The maximum Gasteiger partial charge on any atom is 0.412 e. The van der Waals surface area contributed by atoms with Crippen LogP contribution in [0.25, 0.3) is 0 Å². The molecule has 3 aliphatic heterocycles. The number of likely N-dealkylation sites (tertiary alicyclic amines) is 1.